The van der Waals surface area contributed by atoms with Crippen LogP contribution in [0.15, 0.2) is 42.5 Å². The predicted octanol–water partition coefficient (Wildman–Crippen LogP) is 2.66. The molecule has 0 bridgehead atoms. The molecule has 2 aromatic rings. The molecule has 29 heavy (non-hydrogen) atoms. The zero-order valence-electron chi connectivity index (χ0n) is 16.5. The van der Waals surface area contributed by atoms with E-state index >= 15 is 0 Å². The van der Waals surface area contributed by atoms with Crippen molar-refractivity contribution in [3.8, 4) is 5.75 Å². The average molecular weight is 396 g/mol. The fourth-order valence-corrected chi connectivity index (χ4v) is 2.88. The molecule has 0 fully saturated rings. The molecule has 152 valence electrons. The number of amides is 2. The molecule has 2 amide bonds. The topological polar surface area (TPSA) is 93.7 Å². The standard InChI is InChI=1S/C22H24N2O5/c1-14(2)16-5-3-15(4-6-16)9-10-23-20(25)12-29-22(27)17-7-8-18-19(11-17)28-13-21(26)24-18/h3-8,11,14H,9-10,12-13H2,1-2H3,(H,23,25)(H,24,26). The fraction of sp³-hybridized carbons (Fsp3) is 0.318. The number of rotatable bonds is 7. The normalized spacial score (nSPS) is 12.6. The number of carbonyl (C=O) groups is 3. The second-order valence-electron chi connectivity index (χ2n) is 7.12. The fourth-order valence-electron chi connectivity index (χ4n) is 2.88. The van der Waals surface area contributed by atoms with Gasteiger partial charge < -0.3 is 20.1 Å². The minimum Gasteiger partial charge on any atom is -0.482 e. The maximum Gasteiger partial charge on any atom is 0.338 e. The van der Waals surface area contributed by atoms with Crippen molar-refractivity contribution in [1.29, 1.82) is 0 Å². The first-order valence-corrected chi connectivity index (χ1v) is 9.51. The highest BCUT2D eigenvalue weighted by Gasteiger charge is 2.18. The lowest BCUT2D eigenvalue weighted by Gasteiger charge is -2.18. The molecule has 0 unspecified atom stereocenters. The Bertz CT molecular complexity index is 906. The molecule has 0 saturated heterocycles. The van der Waals surface area contributed by atoms with Gasteiger partial charge in [0.2, 0.25) is 0 Å². The van der Waals surface area contributed by atoms with E-state index in [1.165, 1.54) is 17.7 Å². The van der Waals surface area contributed by atoms with Gasteiger partial charge in [0.1, 0.15) is 5.75 Å². The summed E-state index contributed by atoms with van der Waals surface area (Å²) in [5, 5.41) is 5.38. The summed E-state index contributed by atoms with van der Waals surface area (Å²) in [6, 6.07) is 12.9. The van der Waals surface area contributed by atoms with Crippen molar-refractivity contribution in [1.82, 2.24) is 5.32 Å². The van der Waals surface area contributed by atoms with Crippen LogP contribution >= 0.6 is 0 Å². The zero-order chi connectivity index (χ0) is 20.8. The van der Waals surface area contributed by atoms with Crippen LogP contribution in [0.4, 0.5) is 5.69 Å². The summed E-state index contributed by atoms with van der Waals surface area (Å²) in [6.45, 7) is 4.29. The molecule has 0 radical (unpaired) electrons. The minimum absolute atomic E-state index is 0.103. The van der Waals surface area contributed by atoms with Crippen molar-refractivity contribution in [2.75, 3.05) is 25.1 Å². The Morgan fingerprint density at radius 2 is 1.93 bits per heavy atom. The van der Waals surface area contributed by atoms with Gasteiger partial charge in [-0.1, -0.05) is 38.1 Å². The lowest BCUT2D eigenvalue weighted by atomic mass is 10.0. The first-order valence-electron chi connectivity index (χ1n) is 9.51. The molecule has 0 aromatic heterocycles. The van der Waals surface area contributed by atoms with E-state index in [4.69, 9.17) is 9.47 Å². The number of esters is 1. The van der Waals surface area contributed by atoms with Crippen LogP contribution in [0.25, 0.3) is 0 Å². The zero-order valence-corrected chi connectivity index (χ0v) is 16.5. The number of carbonyl (C=O) groups excluding carboxylic acids is 3. The van der Waals surface area contributed by atoms with Gasteiger partial charge in [-0.15, -0.1) is 0 Å². The van der Waals surface area contributed by atoms with E-state index in [2.05, 4.69) is 48.7 Å². The van der Waals surface area contributed by atoms with Crippen LogP contribution in [0.2, 0.25) is 0 Å². The highest BCUT2D eigenvalue weighted by atomic mass is 16.5. The monoisotopic (exact) mass is 396 g/mol. The van der Waals surface area contributed by atoms with Crippen LogP contribution in [0.5, 0.6) is 5.75 Å². The third-order valence-corrected chi connectivity index (χ3v) is 4.57. The maximum absolute atomic E-state index is 12.1. The van der Waals surface area contributed by atoms with Gasteiger partial charge in [0.15, 0.2) is 13.2 Å². The van der Waals surface area contributed by atoms with Gasteiger partial charge in [0.05, 0.1) is 11.3 Å². The maximum atomic E-state index is 12.1. The highest BCUT2D eigenvalue weighted by Crippen LogP contribution is 2.28. The number of anilines is 1. The summed E-state index contributed by atoms with van der Waals surface area (Å²) in [4.78, 5) is 35.3. The molecule has 0 spiro atoms. The van der Waals surface area contributed by atoms with E-state index in [0.717, 1.165) is 5.56 Å². The van der Waals surface area contributed by atoms with E-state index < -0.39 is 5.97 Å². The van der Waals surface area contributed by atoms with Crippen molar-refractivity contribution in [3.05, 3.63) is 59.2 Å². The molecule has 3 rings (SSSR count). The van der Waals surface area contributed by atoms with Crippen molar-refractivity contribution >= 4 is 23.5 Å². The molecule has 7 heteroatoms. The number of nitrogens with one attached hydrogen (secondary N) is 2. The predicted molar refractivity (Wildman–Crippen MR) is 108 cm³/mol. The van der Waals surface area contributed by atoms with Crippen molar-refractivity contribution in [3.63, 3.8) is 0 Å². The molecule has 0 atom stereocenters. The molecule has 2 N–H and O–H groups in total. The second-order valence-corrected chi connectivity index (χ2v) is 7.12. The number of fused-ring (bicyclic) bond motifs is 1. The molecule has 2 aromatic carbocycles. The second kappa shape index (κ2) is 9.23. The number of benzene rings is 2. The van der Waals surface area contributed by atoms with Crippen molar-refractivity contribution in [2.45, 2.75) is 26.2 Å². The van der Waals surface area contributed by atoms with Gasteiger partial charge in [-0.2, -0.15) is 0 Å². The van der Waals surface area contributed by atoms with Crippen LogP contribution < -0.4 is 15.4 Å². The summed E-state index contributed by atoms with van der Waals surface area (Å²) in [5.74, 6) is -0.363. The van der Waals surface area contributed by atoms with Crippen LogP contribution in [0.3, 0.4) is 0 Å². The molecule has 0 aliphatic carbocycles. The van der Waals surface area contributed by atoms with Gasteiger partial charge in [-0.05, 0) is 41.7 Å². The Labute approximate surface area is 169 Å². The first-order chi connectivity index (χ1) is 13.9. The third-order valence-electron chi connectivity index (χ3n) is 4.57. The van der Waals surface area contributed by atoms with E-state index in [0.29, 0.717) is 30.3 Å². The molecule has 1 heterocycles. The van der Waals surface area contributed by atoms with Crippen LogP contribution in [-0.4, -0.2) is 37.5 Å². The Kier molecular flexibility index (Phi) is 6.49. The van der Waals surface area contributed by atoms with Crippen LogP contribution in [-0.2, 0) is 20.7 Å². The van der Waals surface area contributed by atoms with Gasteiger partial charge >= 0.3 is 5.97 Å². The summed E-state index contributed by atoms with van der Waals surface area (Å²) >= 11 is 0. The summed E-state index contributed by atoms with van der Waals surface area (Å²) in [5.41, 5.74) is 3.16. The largest absolute Gasteiger partial charge is 0.482 e. The third kappa shape index (κ3) is 5.57. The molecule has 1 aliphatic heterocycles. The van der Waals surface area contributed by atoms with Gasteiger partial charge in [0.25, 0.3) is 11.8 Å². The molecule has 7 nitrogen and oxygen atoms in total. The molecular weight excluding hydrogens is 372 g/mol. The minimum atomic E-state index is -0.632. The first kappa shape index (κ1) is 20.4. The van der Waals surface area contributed by atoms with E-state index in [1.807, 2.05) is 0 Å². The van der Waals surface area contributed by atoms with Crippen LogP contribution in [0, 0.1) is 0 Å². The highest BCUT2D eigenvalue weighted by molar-refractivity contribution is 5.97. The van der Waals surface area contributed by atoms with E-state index in [9.17, 15) is 14.4 Å². The molecular formula is C22H24N2O5. The van der Waals surface area contributed by atoms with Gasteiger partial charge in [-0.3, -0.25) is 9.59 Å². The Morgan fingerprint density at radius 3 is 2.66 bits per heavy atom. The lowest BCUT2D eigenvalue weighted by molar-refractivity contribution is -0.124. The quantitative estimate of drug-likeness (QED) is 0.702. The Hall–Kier alpha value is -3.35. The van der Waals surface area contributed by atoms with Gasteiger partial charge in [-0.25, -0.2) is 4.79 Å². The summed E-state index contributed by atoms with van der Waals surface area (Å²) in [6.07, 6.45) is 0.700. The smallest absolute Gasteiger partial charge is 0.338 e. The average Bonchev–Trinajstić information content (AvgIpc) is 2.72. The Morgan fingerprint density at radius 1 is 1.17 bits per heavy atom. The van der Waals surface area contributed by atoms with E-state index in [-0.39, 0.29) is 30.6 Å². The van der Waals surface area contributed by atoms with Crippen molar-refractivity contribution in [2.24, 2.45) is 0 Å². The number of hydrogen-bond donors (Lipinski definition) is 2. The molecule has 1 aliphatic rings. The van der Waals surface area contributed by atoms with Crippen molar-refractivity contribution < 1.29 is 23.9 Å². The molecule has 0 saturated carbocycles. The summed E-state index contributed by atoms with van der Waals surface area (Å²) < 4.78 is 10.3. The lowest BCUT2D eigenvalue weighted by Crippen LogP contribution is -2.30. The van der Waals surface area contributed by atoms with E-state index in [1.54, 1.807) is 6.07 Å². The number of hydrogen-bond acceptors (Lipinski definition) is 5. The summed E-state index contributed by atoms with van der Waals surface area (Å²) in [7, 11) is 0. The van der Waals surface area contributed by atoms with Gasteiger partial charge in [0, 0.05) is 6.54 Å². The SMILES string of the molecule is CC(C)c1ccc(CCNC(=O)COC(=O)c2ccc3c(c2)OCC(=O)N3)cc1. The Balaban J connectivity index is 1.42. The number of ether oxygens (including phenoxy) is 2. The van der Waals surface area contributed by atoms with Crippen LogP contribution in [0.1, 0.15) is 41.3 Å².